The molecule has 0 heterocycles. The molecule has 0 aliphatic heterocycles. The van der Waals surface area contributed by atoms with E-state index in [2.05, 4.69) is 4.74 Å². The quantitative estimate of drug-likeness (QED) is 0.750. The highest BCUT2D eigenvalue weighted by Gasteiger charge is 2.02. The number of alkyl halides is 2. The van der Waals surface area contributed by atoms with Crippen LogP contribution in [0.3, 0.4) is 0 Å². The maximum Gasteiger partial charge on any atom is 0.387 e. The summed E-state index contributed by atoms with van der Waals surface area (Å²) < 4.78 is 33.4. The minimum absolute atomic E-state index is 0.154. The summed E-state index contributed by atoms with van der Waals surface area (Å²) in [6, 6.07) is 14.1. The van der Waals surface area contributed by atoms with E-state index in [0.717, 1.165) is 16.9 Å². The SMILES string of the molecule is COc1ccc(C=Cc2ccc(OC(F)F)cc2)cc1. The molecule has 0 saturated heterocycles. The second kappa shape index (κ2) is 6.70. The highest BCUT2D eigenvalue weighted by atomic mass is 19.3. The minimum atomic E-state index is -2.80. The summed E-state index contributed by atoms with van der Waals surface area (Å²) in [6.45, 7) is -2.80. The molecule has 0 atom stereocenters. The van der Waals surface area contributed by atoms with E-state index in [0.29, 0.717) is 0 Å². The summed E-state index contributed by atoms with van der Waals surface area (Å²) in [5.74, 6) is 0.956. The van der Waals surface area contributed by atoms with Gasteiger partial charge < -0.3 is 9.47 Å². The Labute approximate surface area is 116 Å². The predicted molar refractivity (Wildman–Crippen MR) is 75.0 cm³/mol. The molecule has 0 amide bonds. The molecule has 0 aliphatic rings. The Bertz CT molecular complexity index is 560. The Morgan fingerprint density at radius 1 is 0.800 bits per heavy atom. The van der Waals surface area contributed by atoms with Crippen LogP contribution in [-0.4, -0.2) is 13.7 Å². The van der Waals surface area contributed by atoms with Gasteiger partial charge in [-0.1, -0.05) is 36.4 Å². The van der Waals surface area contributed by atoms with Gasteiger partial charge in [0, 0.05) is 0 Å². The van der Waals surface area contributed by atoms with Gasteiger partial charge in [-0.3, -0.25) is 0 Å². The molecule has 104 valence electrons. The van der Waals surface area contributed by atoms with E-state index in [9.17, 15) is 8.78 Å². The molecule has 0 fully saturated rings. The first kappa shape index (κ1) is 14.1. The standard InChI is InChI=1S/C16H14F2O2/c1-19-14-8-4-12(5-9-14)2-3-13-6-10-15(11-7-13)20-16(17)18/h2-11,16H,1H3. The Kier molecular flexibility index (Phi) is 4.71. The van der Waals surface area contributed by atoms with Crippen LogP contribution < -0.4 is 9.47 Å². The molecule has 0 aliphatic carbocycles. The third kappa shape index (κ3) is 4.09. The summed E-state index contributed by atoms with van der Waals surface area (Å²) in [7, 11) is 1.62. The molecular weight excluding hydrogens is 262 g/mol. The number of benzene rings is 2. The highest BCUT2D eigenvalue weighted by molar-refractivity contribution is 5.70. The smallest absolute Gasteiger partial charge is 0.387 e. The van der Waals surface area contributed by atoms with Crippen molar-refractivity contribution in [3.05, 3.63) is 59.7 Å². The fourth-order valence-electron chi connectivity index (χ4n) is 1.67. The maximum absolute atomic E-state index is 12.0. The van der Waals surface area contributed by atoms with Crippen molar-refractivity contribution in [1.29, 1.82) is 0 Å². The van der Waals surface area contributed by atoms with Crippen molar-refractivity contribution < 1.29 is 18.3 Å². The zero-order chi connectivity index (χ0) is 14.4. The number of rotatable bonds is 5. The van der Waals surface area contributed by atoms with Crippen molar-refractivity contribution in [1.82, 2.24) is 0 Å². The fourth-order valence-corrected chi connectivity index (χ4v) is 1.67. The first-order valence-corrected chi connectivity index (χ1v) is 6.04. The number of methoxy groups -OCH3 is 1. The molecule has 2 aromatic rings. The molecule has 0 saturated carbocycles. The molecule has 2 aromatic carbocycles. The Hall–Kier alpha value is -2.36. The van der Waals surface area contributed by atoms with Crippen molar-refractivity contribution in [3.63, 3.8) is 0 Å². The van der Waals surface area contributed by atoms with E-state index < -0.39 is 6.61 Å². The van der Waals surface area contributed by atoms with E-state index in [-0.39, 0.29) is 5.75 Å². The number of halogens is 2. The molecule has 0 spiro atoms. The first-order chi connectivity index (χ1) is 9.67. The van der Waals surface area contributed by atoms with Gasteiger partial charge in [-0.2, -0.15) is 8.78 Å². The van der Waals surface area contributed by atoms with Crippen LogP contribution in [0.25, 0.3) is 12.2 Å². The molecule has 0 N–H and O–H groups in total. The fraction of sp³-hybridized carbons (Fsp3) is 0.125. The van der Waals surface area contributed by atoms with Crippen LogP contribution in [0.4, 0.5) is 8.78 Å². The van der Waals surface area contributed by atoms with Gasteiger partial charge in [0.25, 0.3) is 0 Å². The van der Waals surface area contributed by atoms with E-state index in [1.807, 2.05) is 36.4 Å². The third-order valence-corrected chi connectivity index (χ3v) is 2.69. The largest absolute Gasteiger partial charge is 0.497 e. The van der Waals surface area contributed by atoms with Crippen LogP contribution >= 0.6 is 0 Å². The van der Waals surface area contributed by atoms with E-state index >= 15 is 0 Å². The average Bonchev–Trinajstić information content (AvgIpc) is 2.46. The Morgan fingerprint density at radius 3 is 1.65 bits per heavy atom. The van der Waals surface area contributed by atoms with Crippen molar-refractivity contribution in [2.45, 2.75) is 6.61 Å². The van der Waals surface area contributed by atoms with Crippen molar-refractivity contribution in [3.8, 4) is 11.5 Å². The summed E-state index contributed by atoms with van der Waals surface area (Å²) in [4.78, 5) is 0. The van der Waals surface area contributed by atoms with Crippen LogP contribution in [0.2, 0.25) is 0 Å². The van der Waals surface area contributed by atoms with Gasteiger partial charge in [-0.15, -0.1) is 0 Å². The second-order valence-electron chi connectivity index (χ2n) is 4.05. The van der Waals surface area contributed by atoms with Crippen LogP contribution in [-0.2, 0) is 0 Å². The summed E-state index contributed by atoms with van der Waals surface area (Å²) in [6.07, 6.45) is 3.83. The lowest BCUT2D eigenvalue weighted by Gasteiger charge is -2.03. The predicted octanol–water partition coefficient (Wildman–Crippen LogP) is 4.47. The summed E-state index contributed by atoms with van der Waals surface area (Å²) >= 11 is 0. The molecule has 2 rings (SSSR count). The first-order valence-electron chi connectivity index (χ1n) is 6.04. The molecule has 4 heteroatoms. The van der Waals surface area contributed by atoms with Crippen molar-refractivity contribution in [2.75, 3.05) is 7.11 Å². The van der Waals surface area contributed by atoms with Crippen LogP contribution in [0.1, 0.15) is 11.1 Å². The lowest BCUT2D eigenvalue weighted by molar-refractivity contribution is -0.0498. The van der Waals surface area contributed by atoms with E-state index in [4.69, 9.17) is 4.74 Å². The highest BCUT2D eigenvalue weighted by Crippen LogP contribution is 2.17. The topological polar surface area (TPSA) is 18.5 Å². The number of hydrogen-bond acceptors (Lipinski definition) is 2. The Balaban J connectivity index is 2.03. The van der Waals surface area contributed by atoms with Gasteiger partial charge in [0.15, 0.2) is 0 Å². The average molecular weight is 276 g/mol. The Morgan fingerprint density at radius 2 is 1.25 bits per heavy atom. The van der Waals surface area contributed by atoms with E-state index in [1.165, 1.54) is 12.1 Å². The van der Waals surface area contributed by atoms with Crippen molar-refractivity contribution in [2.24, 2.45) is 0 Å². The number of ether oxygens (including phenoxy) is 2. The molecular formula is C16H14F2O2. The van der Waals surface area contributed by atoms with Crippen LogP contribution in [0.5, 0.6) is 11.5 Å². The number of hydrogen-bond donors (Lipinski definition) is 0. The molecule has 2 nitrogen and oxygen atoms in total. The third-order valence-electron chi connectivity index (χ3n) is 2.69. The lowest BCUT2D eigenvalue weighted by atomic mass is 10.1. The molecule has 0 aromatic heterocycles. The van der Waals surface area contributed by atoms with Gasteiger partial charge in [-0.05, 0) is 35.4 Å². The van der Waals surface area contributed by atoms with Gasteiger partial charge in [0.05, 0.1) is 7.11 Å². The monoisotopic (exact) mass is 276 g/mol. The summed E-state index contributed by atoms with van der Waals surface area (Å²) in [5, 5.41) is 0. The molecule has 0 radical (unpaired) electrons. The van der Waals surface area contributed by atoms with Gasteiger partial charge >= 0.3 is 6.61 Å². The minimum Gasteiger partial charge on any atom is -0.497 e. The van der Waals surface area contributed by atoms with Crippen LogP contribution in [0.15, 0.2) is 48.5 Å². The van der Waals surface area contributed by atoms with E-state index in [1.54, 1.807) is 19.2 Å². The maximum atomic E-state index is 12.0. The van der Waals surface area contributed by atoms with Crippen molar-refractivity contribution >= 4 is 12.2 Å². The zero-order valence-corrected chi connectivity index (χ0v) is 10.9. The molecule has 20 heavy (non-hydrogen) atoms. The molecule has 0 unspecified atom stereocenters. The lowest BCUT2D eigenvalue weighted by Crippen LogP contribution is -2.01. The van der Waals surface area contributed by atoms with Gasteiger partial charge in [-0.25, -0.2) is 0 Å². The van der Waals surface area contributed by atoms with Gasteiger partial charge in [0.2, 0.25) is 0 Å². The second-order valence-corrected chi connectivity index (χ2v) is 4.05. The normalized spacial score (nSPS) is 11.0. The summed E-state index contributed by atoms with van der Waals surface area (Å²) in [5.41, 5.74) is 1.93. The van der Waals surface area contributed by atoms with Crippen LogP contribution in [0, 0.1) is 0 Å². The zero-order valence-electron chi connectivity index (χ0n) is 10.9. The molecule has 0 bridgehead atoms. The van der Waals surface area contributed by atoms with Gasteiger partial charge in [0.1, 0.15) is 11.5 Å².